The maximum atomic E-state index is 13.6. The molecular formula is C13H10ClFN. The Bertz CT molecular complexity index is 511. The molecule has 0 aliphatic carbocycles. The van der Waals surface area contributed by atoms with E-state index in [4.69, 9.17) is 17.3 Å². The van der Waals surface area contributed by atoms with Gasteiger partial charge >= 0.3 is 0 Å². The molecule has 0 aliphatic rings. The van der Waals surface area contributed by atoms with Gasteiger partial charge in [0.15, 0.2) is 0 Å². The van der Waals surface area contributed by atoms with Gasteiger partial charge in [-0.1, -0.05) is 29.8 Å². The molecule has 2 aromatic carbocycles. The van der Waals surface area contributed by atoms with Gasteiger partial charge in [0.1, 0.15) is 5.82 Å². The molecule has 0 heterocycles. The summed E-state index contributed by atoms with van der Waals surface area (Å²) in [7, 11) is 0. The van der Waals surface area contributed by atoms with E-state index in [1.54, 1.807) is 18.2 Å². The van der Waals surface area contributed by atoms with Crippen molar-refractivity contribution < 1.29 is 4.39 Å². The van der Waals surface area contributed by atoms with E-state index in [0.717, 1.165) is 5.56 Å². The number of hydrogen-bond donors (Lipinski definition) is 1. The summed E-state index contributed by atoms with van der Waals surface area (Å²) in [6, 6.07) is 12.9. The first-order valence-corrected chi connectivity index (χ1v) is 5.25. The van der Waals surface area contributed by atoms with Crippen molar-refractivity contribution in [3.8, 4) is 11.1 Å². The van der Waals surface area contributed by atoms with Crippen LogP contribution in [0.25, 0.3) is 11.1 Å². The zero-order chi connectivity index (χ0) is 11.5. The van der Waals surface area contributed by atoms with E-state index in [0.29, 0.717) is 22.7 Å². The van der Waals surface area contributed by atoms with Crippen molar-refractivity contribution in [2.75, 3.05) is 0 Å². The van der Waals surface area contributed by atoms with Crippen LogP contribution in [0.15, 0.2) is 36.4 Å². The summed E-state index contributed by atoms with van der Waals surface area (Å²) in [6.45, 7) is 0.331. The Kier molecular flexibility index (Phi) is 3.22. The van der Waals surface area contributed by atoms with Gasteiger partial charge in [0.25, 0.3) is 0 Å². The van der Waals surface area contributed by atoms with E-state index in [-0.39, 0.29) is 5.82 Å². The van der Waals surface area contributed by atoms with Gasteiger partial charge in [-0.05, 0) is 29.8 Å². The Morgan fingerprint density at radius 1 is 1.25 bits per heavy atom. The van der Waals surface area contributed by atoms with Gasteiger partial charge in [-0.25, -0.2) is 4.39 Å². The topological polar surface area (TPSA) is 26.0 Å². The predicted molar refractivity (Wildman–Crippen MR) is 63.6 cm³/mol. The monoisotopic (exact) mass is 234 g/mol. The molecule has 0 atom stereocenters. The van der Waals surface area contributed by atoms with Crippen molar-refractivity contribution in [2.45, 2.75) is 6.54 Å². The quantitative estimate of drug-likeness (QED) is 0.847. The summed E-state index contributed by atoms with van der Waals surface area (Å²) in [4.78, 5) is 0. The molecule has 1 radical (unpaired) electrons. The maximum Gasteiger partial charge on any atom is 0.131 e. The van der Waals surface area contributed by atoms with Crippen molar-refractivity contribution in [2.24, 2.45) is 5.73 Å². The number of rotatable bonds is 2. The lowest BCUT2D eigenvalue weighted by Crippen LogP contribution is -1.97. The fraction of sp³-hybridized carbons (Fsp3) is 0.0769. The first kappa shape index (κ1) is 11.1. The van der Waals surface area contributed by atoms with Gasteiger partial charge in [0, 0.05) is 22.7 Å². The summed E-state index contributed by atoms with van der Waals surface area (Å²) in [5.41, 5.74) is 7.39. The highest BCUT2D eigenvalue weighted by Gasteiger charge is 2.08. The van der Waals surface area contributed by atoms with Crippen LogP contribution in [0.2, 0.25) is 5.02 Å². The van der Waals surface area contributed by atoms with E-state index in [9.17, 15) is 4.39 Å². The zero-order valence-corrected chi connectivity index (χ0v) is 9.26. The molecule has 0 amide bonds. The average Bonchev–Trinajstić information content (AvgIpc) is 2.31. The van der Waals surface area contributed by atoms with Crippen LogP contribution in [-0.2, 0) is 6.54 Å². The molecule has 0 aliphatic heterocycles. The van der Waals surface area contributed by atoms with Crippen LogP contribution in [-0.4, -0.2) is 0 Å². The molecule has 0 spiro atoms. The van der Waals surface area contributed by atoms with Crippen molar-refractivity contribution in [3.05, 3.63) is 58.9 Å². The average molecular weight is 235 g/mol. The standard InChI is InChI=1S/C13H10ClFN/c14-12-4-2-1-3-10(12)11-7-9(8-16)5-6-13(11)15/h1-4,6-7H,8,16H2. The molecule has 0 aromatic heterocycles. The summed E-state index contributed by atoms with van der Waals surface area (Å²) in [5, 5.41) is 0.524. The Hall–Kier alpha value is -1.38. The predicted octanol–water partition coefficient (Wildman–Crippen LogP) is 3.40. The normalized spacial score (nSPS) is 10.4. The van der Waals surface area contributed by atoms with Crippen molar-refractivity contribution >= 4 is 11.6 Å². The van der Waals surface area contributed by atoms with Crippen LogP contribution < -0.4 is 5.73 Å². The first-order valence-electron chi connectivity index (χ1n) is 4.87. The lowest BCUT2D eigenvalue weighted by molar-refractivity contribution is 0.630. The van der Waals surface area contributed by atoms with Crippen LogP contribution in [0.4, 0.5) is 4.39 Å². The van der Waals surface area contributed by atoms with Crippen LogP contribution in [0.3, 0.4) is 0 Å². The first-order chi connectivity index (χ1) is 7.72. The molecule has 0 saturated carbocycles. The molecule has 0 unspecified atom stereocenters. The van der Waals surface area contributed by atoms with E-state index < -0.39 is 0 Å². The number of hydrogen-bond acceptors (Lipinski definition) is 1. The summed E-state index contributed by atoms with van der Waals surface area (Å²) in [6.07, 6.45) is 0. The Morgan fingerprint density at radius 3 is 2.69 bits per heavy atom. The van der Waals surface area contributed by atoms with E-state index in [1.807, 2.05) is 12.1 Å². The highest BCUT2D eigenvalue weighted by atomic mass is 35.5. The second-order valence-electron chi connectivity index (χ2n) is 3.40. The third-order valence-corrected chi connectivity index (χ3v) is 2.67. The molecule has 2 rings (SSSR count). The SMILES string of the molecule is NCc1[c]cc(F)c(-c2ccccc2Cl)c1. The zero-order valence-electron chi connectivity index (χ0n) is 8.50. The molecule has 2 N–H and O–H groups in total. The van der Waals surface area contributed by atoms with E-state index in [1.165, 1.54) is 6.07 Å². The van der Waals surface area contributed by atoms with Crippen LogP contribution >= 0.6 is 11.6 Å². The van der Waals surface area contributed by atoms with Gasteiger partial charge < -0.3 is 5.73 Å². The van der Waals surface area contributed by atoms with Gasteiger partial charge in [-0.15, -0.1) is 0 Å². The van der Waals surface area contributed by atoms with Gasteiger partial charge in [-0.2, -0.15) is 0 Å². The maximum absolute atomic E-state index is 13.6. The number of nitrogens with two attached hydrogens (primary N) is 1. The molecular weight excluding hydrogens is 225 g/mol. The molecule has 2 aromatic rings. The minimum atomic E-state index is -0.342. The lowest BCUT2D eigenvalue weighted by Gasteiger charge is -2.07. The third kappa shape index (κ3) is 2.08. The van der Waals surface area contributed by atoms with Gasteiger partial charge in [-0.3, -0.25) is 0 Å². The minimum absolute atomic E-state index is 0.331. The summed E-state index contributed by atoms with van der Waals surface area (Å²) in [5.74, 6) is -0.342. The second kappa shape index (κ2) is 4.64. The molecule has 81 valence electrons. The Balaban J connectivity index is 2.59. The van der Waals surface area contributed by atoms with Crippen LogP contribution in [0, 0.1) is 11.9 Å². The number of halogens is 2. The Labute approximate surface area is 98.7 Å². The third-order valence-electron chi connectivity index (χ3n) is 2.34. The molecule has 0 bridgehead atoms. The lowest BCUT2D eigenvalue weighted by atomic mass is 10.0. The smallest absolute Gasteiger partial charge is 0.131 e. The van der Waals surface area contributed by atoms with Gasteiger partial charge in [0.2, 0.25) is 0 Å². The summed E-state index contributed by atoms with van der Waals surface area (Å²) >= 11 is 6.02. The largest absolute Gasteiger partial charge is 0.326 e. The van der Waals surface area contributed by atoms with Crippen molar-refractivity contribution in [3.63, 3.8) is 0 Å². The molecule has 3 heteroatoms. The number of benzene rings is 2. The minimum Gasteiger partial charge on any atom is -0.326 e. The van der Waals surface area contributed by atoms with E-state index >= 15 is 0 Å². The molecule has 0 saturated heterocycles. The summed E-state index contributed by atoms with van der Waals surface area (Å²) < 4.78 is 13.6. The van der Waals surface area contributed by atoms with Crippen molar-refractivity contribution in [1.29, 1.82) is 0 Å². The second-order valence-corrected chi connectivity index (χ2v) is 3.81. The molecule has 0 fully saturated rings. The highest BCUT2D eigenvalue weighted by Crippen LogP contribution is 2.30. The van der Waals surface area contributed by atoms with Crippen LogP contribution in [0.5, 0.6) is 0 Å². The van der Waals surface area contributed by atoms with E-state index in [2.05, 4.69) is 6.07 Å². The fourth-order valence-corrected chi connectivity index (χ4v) is 1.76. The highest BCUT2D eigenvalue weighted by molar-refractivity contribution is 6.33. The fourth-order valence-electron chi connectivity index (χ4n) is 1.52. The van der Waals surface area contributed by atoms with Crippen LogP contribution in [0.1, 0.15) is 5.56 Å². The molecule has 1 nitrogen and oxygen atoms in total. The van der Waals surface area contributed by atoms with Gasteiger partial charge in [0.05, 0.1) is 0 Å². The molecule has 16 heavy (non-hydrogen) atoms. The Morgan fingerprint density at radius 2 is 2.00 bits per heavy atom. The van der Waals surface area contributed by atoms with Crippen molar-refractivity contribution in [1.82, 2.24) is 0 Å².